The summed E-state index contributed by atoms with van der Waals surface area (Å²) in [5, 5.41) is 5.74. The van der Waals surface area contributed by atoms with Crippen molar-refractivity contribution in [2.75, 3.05) is 26.0 Å². The average molecular weight is 578 g/mol. The number of rotatable bonds is 9. The van der Waals surface area contributed by atoms with Gasteiger partial charge in [-0.1, -0.05) is 19.3 Å². The predicted octanol–water partition coefficient (Wildman–Crippen LogP) is 2.42. The van der Waals surface area contributed by atoms with Crippen molar-refractivity contribution >= 4 is 33.4 Å². The molecule has 0 aromatic carbocycles. The van der Waals surface area contributed by atoms with Crippen LogP contribution in [0.1, 0.15) is 77.0 Å². The van der Waals surface area contributed by atoms with Gasteiger partial charge in [-0.2, -0.15) is 0 Å². The lowest BCUT2D eigenvalue weighted by molar-refractivity contribution is -0.129. The van der Waals surface area contributed by atoms with E-state index in [1.54, 1.807) is 0 Å². The van der Waals surface area contributed by atoms with E-state index in [4.69, 9.17) is 11.6 Å². The number of likely N-dealkylation sites (N-methyl/N-ethyl adjacent to an activating group) is 1. The standard InChI is InChI=1S/C26H45ClFN5O4S/c1-33-14-23(29-16-33)19-12-21(25(28)22(27)13-19)26(35)31-32-38(36,37)15-18-7-9-20(10-8-18)30-24(34)11-17-5-3-2-4-6-17/h17-23,25,29,32H,2-16H2,1H3,(H,30,34)(H,31,35). The Labute approximate surface area is 231 Å². The monoisotopic (exact) mass is 577 g/mol. The second-order valence-electron chi connectivity index (χ2n) is 12.2. The van der Waals surface area contributed by atoms with Gasteiger partial charge in [-0.15, -0.1) is 16.4 Å². The quantitative estimate of drug-likeness (QED) is 0.247. The van der Waals surface area contributed by atoms with Gasteiger partial charge in [-0.05, 0) is 76.2 Å². The van der Waals surface area contributed by atoms with Crippen molar-refractivity contribution < 1.29 is 22.4 Å². The van der Waals surface area contributed by atoms with E-state index in [0.717, 1.165) is 38.9 Å². The third kappa shape index (κ3) is 8.49. The van der Waals surface area contributed by atoms with Crippen LogP contribution in [0.15, 0.2) is 0 Å². The van der Waals surface area contributed by atoms with Gasteiger partial charge in [0.1, 0.15) is 6.17 Å². The molecule has 3 aliphatic carbocycles. The maximum absolute atomic E-state index is 14.8. The number of hydrogen-bond donors (Lipinski definition) is 4. The van der Waals surface area contributed by atoms with Gasteiger partial charge in [0.15, 0.2) is 0 Å². The van der Waals surface area contributed by atoms with Gasteiger partial charge in [0.2, 0.25) is 21.8 Å². The Bertz CT molecular complexity index is 913. The van der Waals surface area contributed by atoms with Crippen LogP contribution in [0.5, 0.6) is 0 Å². The number of sulfonamides is 1. The summed E-state index contributed by atoms with van der Waals surface area (Å²) in [5.74, 6) is -1.19. The molecule has 0 bridgehead atoms. The number of nitrogens with one attached hydrogen (secondary N) is 4. The van der Waals surface area contributed by atoms with Crippen LogP contribution in [0, 0.1) is 23.7 Å². The summed E-state index contributed by atoms with van der Waals surface area (Å²) < 4.78 is 40.2. The highest BCUT2D eigenvalue weighted by Gasteiger charge is 2.44. The highest BCUT2D eigenvalue weighted by molar-refractivity contribution is 7.89. The lowest BCUT2D eigenvalue weighted by Crippen LogP contribution is -2.52. The Morgan fingerprint density at radius 2 is 1.74 bits per heavy atom. The Hall–Kier alpha value is -1.01. The number of halogens is 2. The fraction of sp³-hybridized carbons (Fsp3) is 0.923. The minimum atomic E-state index is -3.79. The topological polar surface area (TPSA) is 120 Å². The number of amides is 2. The zero-order valence-electron chi connectivity index (χ0n) is 22.5. The van der Waals surface area contributed by atoms with Gasteiger partial charge in [-0.3, -0.25) is 25.2 Å². The molecule has 3 saturated carbocycles. The number of alkyl halides is 2. The van der Waals surface area contributed by atoms with Crippen molar-refractivity contribution in [2.24, 2.45) is 23.7 Å². The second-order valence-corrected chi connectivity index (χ2v) is 14.5. The van der Waals surface area contributed by atoms with E-state index in [1.165, 1.54) is 19.3 Å². The van der Waals surface area contributed by atoms with E-state index < -0.39 is 33.4 Å². The van der Waals surface area contributed by atoms with Gasteiger partial charge >= 0.3 is 0 Å². The summed E-state index contributed by atoms with van der Waals surface area (Å²) in [6.45, 7) is 1.54. The molecule has 4 aliphatic rings. The molecule has 38 heavy (non-hydrogen) atoms. The van der Waals surface area contributed by atoms with Crippen molar-refractivity contribution in [1.82, 2.24) is 25.8 Å². The number of hydrogen-bond acceptors (Lipinski definition) is 6. The molecule has 218 valence electrons. The van der Waals surface area contributed by atoms with E-state index in [2.05, 4.69) is 25.8 Å². The molecule has 4 rings (SSSR count). The van der Waals surface area contributed by atoms with Crippen LogP contribution in [0.2, 0.25) is 0 Å². The molecule has 5 unspecified atom stereocenters. The van der Waals surface area contributed by atoms with E-state index in [0.29, 0.717) is 38.0 Å². The Kier molecular flexibility index (Phi) is 10.7. The van der Waals surface area contributed by atoms with Crippen molar-refractivity contribution in [3.05, 3.63) is 0 Å². The Balaban J connectivity index is 1.18. The van der Waals surface area contributed by atoms with Crippen LogP contribution >= 0.6 is 11.6 Å². The lowest BCUT2D eigenvalue weighted by atomic mass is 9.76. The van der Waals surface area contributed by atoms with Gasteiger partial charge in [0.25, 0.3) is 0 Å². The number of carbonyl (C=O) groups is 2. The zero-order chi connectivity index (χ0) is 27.3. The highest BCUT2D eigenvalue weighted by atomic mass is 35.5. The van der Waals surface area contributed by atoms with Crippen molar-refractivity contribution in [1.29, 1.82) is 0 Å². The first-order chi connectivity index (χ1) is 18.1. The number of hydrazine groups is 1. The largest absolute Gasteiger partial charge is 0.353 e. The smallest absolute Gasteiger partial charge is 0.241 e. The molecule has 0 aromatic heterocycles. The van der Waals surface area contributed by atoms with Crippen LogP contribution in [0.4, 0.5) is 4.39 Å². The van der Waals surface area contributed by atoms with Gasteiger partial charge in [0, 0.05) is 31.7 Å². The van der Waals surface area contributed by atoms with Crippen molar-refractivity contribution in [3.8, 4) is 0 Å². The molecule has 1 aliphatic heterocycles. The van der Waals surface area contributed by atoms with Gasteiger partial charge in [0.05, 0.1) is 17.0 Å². The molecule has 0 aromatic rings. The van der Waals surface area contributed by atoms with E-state index in [1.807, 2.05) is 7.05 Å². The molecule has 4 N–H and O–H groups in total. The van der Waals surface area contributed by atoms with E-state index >= 15 is 0 Å². The normalized spacial score (nSPS) is 35.6. The summed E-state index contributed by atoms with van der Waals surface area (Å²) in [6, 6.07) is 0.226. The summed E-state index contributed by atoms with van der Waals surface area (Å²) in [4.78, 5) is 29.5. The minimum Gasteiger partial charge on any atom is -0.353 e. The summed E-state index contributed by atoms with van der Waals surface area (Å²) in [7, 11) is -1.79. The predicted molar refractivity (Wildman–Crippen MR) is 145 cm³/mol. The third-order valence-electron chi connectivity index (χ3n) is 9.05. The summed E-state index contributed by atoms with van der Waals surface area (Å²) >= 11 is 6.27. The SMILES string of the molecule is CN1CNC(C2CC(Cl)C(F)C(C(=O)NNS(=O)(=O)CC3CCC(NC(=O)CC4CCCCC4)CC3)C2)C1. The molecular weight excluding hydrogens is 533 g/mol. The van der Waals surface area contributed by atoms with Gasteiger partial charge in [-0.25, -0.2) is 12.8 Å². The van der Waals surface area contributed by atoms with Gasteiger partial charge < -0.3 is 5.32 Å². The first-order valence-corrected chi connectivity index (χ1v) is 16.5. The first kappa shape index (κ1) is 30.0. The minimum absolute atomic E-state index is 0.0418. The first-order valence-electron chi connectivity index (χ1n) is 14.4. The molecule has 0 spiro atoms. The maximum Gasteiger partial charge on any atom is 0.241 e. The Morgan fingerprint density at radius 3 is 2.39 bits per heavy atom. The molecular formula is C26H45ClFN5O4S. The average Bonchev–Trinajstić information content (AvgIpc) is 3.32. The molecule has 2 amide bonds. The molecule has 1 saturated heterocycles. The van der Waals surface area contributed by atoms with Crippen LogP contribution in [0.3, 0.4) is 0 Å². The summed E-state index contributed by atoms with van der Waals surface area (Å²) in [5.41, 5.74) is 2.26. The van der Waals surface area contributed by atoms with Crippen LogP contribution in [0.25, 0.3) is 0 Å². The van der Waals surface area contributed by atoms with Crippen LogP contribution < -0.4 is 20.9 Å². The maximum atomic E-state index is 14.8. The highest BCUT2D eigenvalue weighted by Crippen LogP contribution is 2.37. The molecule has 12 heteroatoms. The second kappa shape index (κ2) is 13.6. The molecule has 9 nitrogen and oxygen atoms in total. The van der Waals surface area contributed by atoms with Crippen LogP contribution in [-0.4, -0.2) is 74.8 Å². The number of carbonyl (C=O) groups excluding carboxylic acids is 2. The fourth-order valence-electron chi connectivity index (χ4n) is 6.84. The number of nitrogens with zero attached hydrogens (tertiary/aromatic N) is 1. The van der Waals surface area contributed by atoms with E-state index in [9.17, 15) is 22.4 Å². The summed E-state index contributed by atoms with van der Waals surface area (Å²) in [6.07, 6.45) is 8.71. The molecule has 0 radical (unpaired) electrons. The molecule has 5 atom stereocenters. The molecule has 1 heterocycles. The Morgan fingerprint density at radius 1 is 1.03 bits per heavy atom. The van der Waals surface area contributed by atoms with Crippen LogP contribution in [-0.2, 0) is 19.6 Å². The molecule has 4 fully saturated rings. The zero-order valence-corrected chi connectivity index (χ0v) is 24.0. The lowest BCUT2D eigenvalue weighted by Gasteiger charge is -2.37. The van der Waals surface area contributed by atoms with Crippen molar-refractivity contribution in [2.45, 2.75) is 101 Å². The third-order valence-corrected chi connectivity index (χ3v) is 10.8. The fourth-order valence-corrected chi connectivity index (χ4v) is 8.54. The van der Waals surface area contributed by atoms with E-state index in [-0.39, 0.29) is 35.6 Å². The van der Waals surface area contributed by atoms with Crippen molar-refractivity contribution in [3.63, 3.8) is 0 Å².